The van der Waals surface area contributed by atoms with Crippen molar-refractivity contribution < 1.29 is 104 Å². The van der Waals surface area contributed by atoms with E-state index in [0.717, 1.165) is 0 Å². The molecule has 0 unspecified atom stereocenters. The third-order valence-corrected chi connectivity index (χ3v) is 12.2. The summed E-state index contributed by atoms with van der Waals surface area (Å²) in [6, 6.07) is 0.270. The van der Waals surface area contributed by atoms with Gasteiger partial charge >= 0.3 is 23.1 Å². The molecular weight excluding hydrogens is 1130 g/mol. The number of rotatable bonds is 9. The Morgan fingerprint density at radius 1 is 0.649 bits per heavy atom. The molecule has 4 amide bonds. The Hall–Kier alpha value is -4.99. The standard InChI is InChI=1S/C23H24F3N3O5.C22H22F3N3O5.C3H8O.2BrH.Mg/c1-11(2)29-18-10-34-5-4-17(18)28-9-14(20(30)21(33-3)19(28)23(29)32)22(31)27-8-13-15(25)6-12(24)7-16(13)26;1-10(2)28-17-9-33-4-3-16(17)27-8-13(19(29)20(30)18(27)22(28)32)21(31)26-7-12-14(24)5-11(23)6-15(12)25;1-3(2)4;;;/h6-7,9,11,17-18H,4-5,8,10H2,1-3H3,(H,27,31);5-6,8,10,16-17,30H,3-4,7,9H2,1-2H3,(H,26,31);3-4H,1-2H3;2*1H;/q;;;;;+2/p-2/t17-,18+;16-,17+;;;;/m00..../s1. The third-order valence-electron chi connectivity index (χ3n) is 12.2. The number of hydrogen-bond acceptors (Lipinski definition) is 11. The minimum Gasteiger partial charge on any atom is -1.00 e. The molecule has 0 aliphatic carbocycles. The van der Waals surface area contributed by atoms with E-state index in [9.17, 15) is 60.2 Å². The van der Waals surface area contributed by atoms with Gasteiger partial charge in [-0.3, -0.25) is 28.8 Å². The van der Waals surface area contributed by atoms with Gasteiger partial charge in [0, 0.05) is 92.3 Å². The van der Waals surface area contributed by atoms with Crippen LogP contribution >= 0.6 is 0 Å². The molecule has 0 radical (unpaired) electrons. The van der Waals surface area contributed by atoms with Gasteiger partial charge in [-0.1, -0.05) is 0 Å². The Kier molecular flexibility index (Phi) is 22.8. The summed E-state index contributed by atoms with van der Waals surface area (Å²) in [6.45, 7) is 10.9. The fraction of sp³-hybridized carbons (Fsp3) is 0.458. The van der Waals surface area contributed by atoms with E-state index in [1.807, 2.05) is 27.7 Å². The number of fused-ring (bicyclic) bond motifs is 6. The van der Waals surface area contributed by atoms with Gasteiger partial charge in [0.15, 0.2) is 22.9 Å². The predicted molar refractivity (Wildman–Crippen MR) is 247 cm³/mol. The van der Waals surface area contributed by atoms with Gasteiger partial charge in [-0.15, -0.1) is 0 Å². The monoisotopic (exact) mass is 1190 g/mol. The molecule has 2 saturated heterocycles. The molecule has 2 aromatic carbocycles. The van der Waals surface area contributed by atoms with E-state index in [4.69, 9.17) is 19.3 Å². The summed E-state index contributed by atoms with van der Waals surface area (Å²) in [4.78, 5) is 81.1. The first-order valence-corrected chi connectivity index (χ1v) is 22.6. The quantitative estimate of drug-likeness (QED) is 0.112. The van der Waals surface area contributed by atoms with Gasteiger partial charge in [-0.05, 0) is 54.4 Å². The molecule has 26 heteroatoms. The van der Waals surface area contributed by atoms with Crippen LogP contribution in [0.1, 0.15) is 119 Å². The van der Waals surface area contributed by atoms with Gasteiger partial charge in [-0.25, -0.2) is 26.3 Å². The van der Waals surface area contributed by atoms with Crippen molar-refractivity contribution in [1.29, 1.82) is 0 Å². The van der Waals surface area contributed by atoms with Gasteiger partial charge in [-0.2, -0.15) is 0 Å². The molecule has 74 heavy (non-hydrogen) atoms. The maximum atomic E-state index is 13.9. The number of hydrogen-bond donors (Lipinski definition) is 4. The van der Waals surface area contributed by atoms with E-state index in [1.165, 1.54) is 24.1 Å². The summed E-state index contributed by atoms with van der Waals surface area (Å²) in [7, 11) is 1.23. The average molecular weight is 1190 g/mol. The SMILES string of the molecule is CC(C)N1C(=O)c2c(O)c(=O)c(C(=O)NCc3c(F)cc(F)cc3F)cn2[C@H]2CCOC[C@H]21.CC(C)O.COc1c2n(cc(C(=O)NCc3c(F)cc(F)cc3F)c1=O)[C@H]1CCOC[C@H]1N(C(C)C)C2=O.[Br-].[Br-].[Mg+2]. The second-order valence-electron chi connectivity index (χ2n) is 17.9. The number of carbonyl (C=O) groups is 4. The molecule has 400 valence electrons. The first-order valence-electron chi connectivity index (χ1n) is 22.6. The number of nitrogens with one attached hydrogen (secondary N) is 2. The number of aromatic nitrogens is 2. The molecule has 4 atom stereocenters. The van der Waals surface area contributed by atoms with E-state index in [2.05, 4.69) is 10.6 Å². The van der Waals surface area contributed by atoms with Crippen LogP contribution in [0.25, 0.3) is 0 Å². The van der Waals surface area contributed by atoms with Crippen molar-refractivity contribution >= 4 is 46.7 Å². The summed E-state index contributed by atoms with van der Waals surface area (Å²) in [5.74, 6) is -11.0. The van der Waals surface area contributed by atoms with Crippen LogP contribution in [0.15, 0.2) is 46.2 Å². The second-order valence-corrected chi connectivity index (χ2v) is 17.9. The normalized spacial score (nSPS) is 18.4. The molecular formula is C48H54Br2F6MgN6O11. The van der Waals surface area contributed by atoms with Crippen LogP contribution in [-0.4, -0.2) is 140 Å². The molecule has 2 aromatic heterocycles. The largest absolute Gasteiger partial charge is 2.00 e. The van der Waals surface area contributed by atoms with Crippen molar-refractivity contribution in [3.63, 3.8) is 0 Å². The van der Waals surface area contributed by atoms with Crippen LogP contribution in [0.5, 0.6) is 11.5 Å². The molecule has 4 aliphatic heterocycles. The maximum Gasteiger partial charge on any atom is 2.00 e. The third kappa shape index (κ3) is 13.1. The van der Waals surface area contributed by atoms with Crippen LogP contribution < -0.4 is 60.2 Å². The summed E-state index contributed by atoms with van der Waals surface area (Å²) >= 11 is 0. The molecule has 0 saturated carbocycles. The zero-order valence-electron chi connectivity index (χ0n) is 41.3. The van der Waals surface area contributed by atoms with Crippen molar-refractivity contribution in [2.24, 2.45) is 0 Å². The topological polar surface area (TPSA) is 211 Å². The molecule has 6 heterocycles. The van der Waals surface area contributed by atoms with Crippen LogP contribution in [0, 0.1) is 34.9 Å². The van der Waals surface area contributed by atoms with Gasteiger partial charge in [0.2, 0.25) is 10.9 Å². The van der Waals surface area contributed by atoms with Gasteiger partial charge < -0.3 is 88.0 Å². The average Bonchev–Trinajstić information content (AvgIpc) is 3.28. The Labute approximate surface area is 458 Å². The van der Waals surface area contributed by atoms with E-state index in [0.29, 0.717) is 56.9 Å². The number of methoxy groups -OCH3 is 1. The molecule has 4 N–H and O–H groups in total. The van der Waals surface area contributed by atoms with Crippen LogP contribution in [0.2, 0.25) is 0 Å². The zero-order valence-corrected chi connectivity index (χ0v) is 45.8. The summed E-state index contributed by atoms with van der Waals surface area (Å²) in [6.07, 6.45) is 3.31. The van der Waals surface area contributed by atoms with E-state index < -0.39 is 105 Å². The zero-order chi connectivity index (χ0) is 52.3. The van der Waals surface area contributed by atoms with E-state index in [-0.39, 0.29) is 129 Å². The molecule has 0 spiro atoms. The number of aliphatic hydroxyl groups is 1. The van der Waals surface area contributed by atoms with Crippen LogP contribution in [0.4, 0.5) is 26.3 Å². The fourth-order valence-corrected chi connectivity index (χ4v) is 9.08. The second kappa shape index (κ2) is 26.7. The van der Waals surface area contributed by atoms with Crippen molar-refractivity contribution in [3.05, 3.63) is 126 Å². The molecule has 17 nitrogen and oxygen atoms in total. The van der Waals surface area contributed by atoms with E-state index >= 15 is 0 Å². The smallest absolute Gasteiger partial charge is 1.00 e. The Balaban J connectivity index is 0.000000351. The Morgan fingerprint density at radius 3 is 1.36 bits per heavy atom. The van der Waals surface area contributed by atoms with Crippen molar-refractivity contribution in [3.8, 4) is 11.5 Å². The summed E-state index contributed by atoms with van der Waals surface area (Å²) in [5, 5.41) is 23.2. The number of pyridine rings is 2. The first kappa shape index (κ1) is 63.3. The van der Waals surface area contributed by atoms with Crippen molar-refractivity contribution in [2.45, 2.75) is 110 Å². The minimum atomic E-state index is -1.19. The number of benzene rings is 2. The molecule has 8 rings (SSSR count). The number of ether oxygens (including phenoxy) is 3. The predicted octanol–water partition coefficient (Wildman–Crippen LogP) is -1.49. The van der Waals surface area contributed by atoms with Gasteiger partial charge in [0.1, 0.15) is 46.0 Å². The van der Waals surface area contributed by atoms with Crippen LogP contribution in [-0.2, 0) is 22.6 Å². The molecule has 0 bridgehead atoms. The van der Waals surface area contributed by atoms with E-state index in [1.54, 1.807) is 28.2 Å². The molecule has 2 fully saturated rings. The number of aliphatic hydroxyl groups excluding tert-OH is 1. The summed E-state index contributed by atoms with van der Waals surface area (Å²) < 4.78 is 101. The number of carbonyl (C=O) groups excluding carboxylic acids is 4. The summed E-state index contributed by atoms with van der Waals surface area (Å²) in [5.41, 5.74) is -4.06. The van der Waals surface area contributed by atoms with Crippen LogP contribution in [0.3, 0.4) is 0 Å². The van der Waals surface area contributed by atoms with Crippen molar-refractivity contribution in [2.75, 3.05) is 33.5 Å². The maximum absolute atomic E-state index is 13.9. The van der Waals surface area contributed by atoms with Gasteiger partial charge in [0.25, 0.3) is 23.6 Å². The fourth-order valence-electron chi connectivity index (χ4n) is 9.08. The number of amides is 4. The van der Waals surface area contributed by atoms with Gasteiger partial charge in [0.05, 0.1) is 44.5 Å². The first-order chi connectivity index (χ1) is 33.5. The Bertz CT molecular complexity index is 2810. The number of nitrogens with zero attached hydrogens (tertiary/aromatic N) is 4. The van der Waals surface area contributed by atoms with Crippen molar-refractivity contribution in [1.82, 2.24) is 29.6 Å². The number of halogens is 8. The minimum absolute atomic E-state index is 0. The number of aromatic hydroxyl groups is 1. The Morgan fingerprint density at radius 2 is 1.00 bits per heavy atom. The molecule has 4 aromatic rings. The molecule has 4 aliphatic rings.